The van der Waals surface area contributed by atoms with Crippen LogP contribution in [-0.4, -0.2) is 17.5 Å². The second kappa shape index (κ2) is 4.19. The summed E-state index contributed by atoms with van der Waals surface area (Å²) in [7, 11) is 0. The van der Waals surface area contributed by atoms with Crippen molar-refractivity contribution in [3.8, 4) is 0 Å². The molecule has 14 heavy (non-hydrogen) atoms. The largest absolute Gasteiger partial charge is 0.507 e. The molecule has 1 atom stereocenters. The smallest absolute Gasteiger partial charge is 0.450 e. The molecule has 1 aliphatic heterocycles. The first kappa shape index (κ1) is 10.7. The van der Waals surface area contributed by atoms with Crippen LogP contribution in [0.2, 0.25) is 0 Å². The first-order valence-electron chi connectivity index (χ1n) is 4.00. The standard InChI is InChI=1S/C9H9NO3.ClH/c11-9(12)13-8-5-6-3-1-2-4-7(6)10-8;/h1-4,8,10H,5H2,(H,11,12);1H/t8-;/m0./s1. The second-order valence-corrected chi connectivity index (χ2v) is 2.88. The van der Waals surface area contributed by atoms with E-state index >= 15 is 0 Å². The molecular weight excluding hydrogens is 206 g/mol. The average Bonchev–Trinajstić information content (AvgIpc) is 2.44. The van der Waals surface area contributed by atoms with Crippen LogP contribution in [-0.2, 0) is 11.2 Å². The number of nitrogens with one attached hydrogen (secondary N) is 1. The fraction of sp³-hybridized carbons (Fsp3) is 0.222. The van der Waals surface area contributed by atoms with Crippen molar-refractivity contribution in [1.82, 2.24) is 0 Å². The Kier molecular flexibility index (Phi) is 3.19. The maximum absolute atomic E-state index is 10.2. The third-order valence-electron chi connectivity index (χ3n) is 1.98. The van der Waals surface area contributed by atoms with E-state index in [1.165, 1.54) is 0 Å². The van der Waals surface area contributed by atoms with Gasteiger partial charge in [-0.2, -0.15) is 0 Å². The Bertz CT molecular complexity index is 318. The predicted molar refractivity (Wildman–Crippen MR) is 53.9 cm³/mol. The van der Waals surface area contributed by atoms with Gasteiger partial charge in [-0.05, 0) is 11.6 Å². The monoisotopic (exact) mass is 215 g/mol. The minimum Gasteiger partial charge on any atom is -0.450 e. The molecule has 1 aliphatic rings. The Hall–Kier alpha value is -1.42. The van der Waals surface area contributed by atoms with E-state index in [2.05, 4.69) is 10.1 Å². The summed E-state index contributed by atoms with van der Waals surface area (Å²) in [6.45, 7) is 0. The predicted octanol–water partition coefficient (Wildman–Crippen LogP) is 2.10. The van der Waals surface area contributed by atoms with Crippen LogP contribution in [0.15, 0.2) is 24.3 Å². The molecule has 0 saturated carbocycles. The van der Waals surface area contributed by atoms with Crippen molar-refractivity contribution in [2.45, 2.75) is 12.6 Å². The molecule has 2 N–H and O–H groups in total. The summed E-state index contributed by atoms with van der Waals surface area (Å²) in [5.41, 5.74) is 2.04. The maximum atomic E-state index is 10.2. The molecule has 0 aromatic heterocycles. The van der Waals surface area contributed by atoms with Crippen molar-refractivity contribution in [3.63, 3.8) is 0 Å². The number of ether oxygens (including phenoxy) is 1. The van der Waals surface area contributed by atoms with Gasteiger partial charge in [0.25, 0.3) is 0 Å². The lowest BCUT2D eigenvalue weighted by atomic mass is 10.2. The van der Waals surface area contributed by atoms with Crippen molar-refractivity contribution in [1.29, 1.82) is 0 Å². The second-order valence-electron chi connectivity index (χ2n) is 2.88. The van der Waals surface area contributed by atoms with E-state index < -0.39 is 12.4 Å². The molecule has 4 nitrogen and oxygen atoms in total. The van der Waals surface area contributed by atoms with Gasteiger partial charge in [-0.3, -0.25) is 0 Å². The molecule has 1 aromatic carbocycles. The van der Waals surface area contributed by atoms with Crippen LogP contribution in [0.25, 0.3) is 0 Å². The number of para-hydroxylation sites is 1. The number of halogens is 1. The number of carbonyl (C=O) groups is 1. The Morgan fingerprint density at radius 2 is 2.21 bits per heavy atom. The van der Waals surface area contributed by atoms with Gasteiger partial charge in [0.1, 0.15) is 0 Å². The number of hydrogen-bond donors (Lipinski definition) is 2. The van der Waals surface area contributed by atoms with Crippen LogP contribution in [0.4, 0.5) is 10.5 Å². The van der Waals surface area contributed by atoms with Crippen molar-refractivity contribution in [3.05, 3.63) is 29.8 Å². The summed E-state index contributed by atoms with van der Waals surface area (Å²) in [6.07, 6.45) is -1.08. The van der Waals surface area contributed by atoms with Crippen molar-refractivity contribution < 1.29 is 14.6 Å². The Balaban J connectivity index is 0.000000980. The molecule has 0 aliphatic carbocycles. The molecule has 5 heteroatoms. The van der Waals surface area contributed by atoms with Crippen molar-refractivity contribution in [2.75, 3.05) is 5.32 Å². The summed E-state index contributed by atoms with van der Waals surface area (Å²) in [5.74, 6) is 0. The fourth-order valence-electron chi connectivity index (χ4n) is 1.46. The van der Waals surface area contributed by atoms with E-state index in [0.717, 1.165) is 11.3 Å². The summed E-state index contributed by atoms with van der Waals surface area (Å²) < 4.78 is 4.60. The van der Waals surface area contributed by atoms with Gasteiger partial charge >= 0.3 is 6.16 Å². The normalized spacial score (nSPS) is 17.6. The molecule has 0 bridgehead atoms. The van der Waals surface area contributed by atoms with Gasteiger partial charge in [0.05, 0.1) is 0 Å². The van der Waals surface area contributed by atoms with E-state index in [4.69, 9.17) is 5.11 Å². The van der Waals surface area contributed by atoms with Crippen LogP contribution >= 0.6 is 12.4 Å². The first-order valence-corrected chi connectivity index (χ1v) is 4.00. The summed E-state index contributed by atoms with van der Waals surface area (Å²) in [6, 6.07) is 7.67. The van der Waals surface area contributed by atoms with Crippen LogP contribution < -0.4 is 5.32 Å². The van der Waals surface area contributed by atoms with Gasteiger partial charge in [0, 0.05) is 12.1 Å². The number of anilines is 1. The van der Waals surface area contributed by atoms with Crippen LogP contribution in [0.5, 0.6) is 0 Å². The highest BCUT2D eigenvalue weighted by atomic mass is 35.5. The van der Waals surface area contributed by atoms with E-state index in [1.54, 1.807) is 0 Å². The quantitative estimate of drug-likeness (QED) is 0.705. The lowest BCUT2D eigenvalue weighted by Gasteiger charge is -2.08. The summed E-state index contributed by atoms with van der Waals surface area (Å²) >= 11 is 0. The number of hydrogen-bond acceptors (Lipinski definition) is 3. The topological polar surface area (TPSA) is 58.6 Å². The zero-order valence-corrected chi connectivity index (χ0v) is 8.08. The maximum Gasteiger partial charge on any atom is 0.507 e. The minimum absolute atomic E-state index is 0. The molecule has 0 amide bonds. The SMILES string of the molecule is Cl.O=C(O)O[C@H]1Cc2ccccc2N1. The van der Waals surface area contributed by atoms with E-state index in [-0.39, 0.29) is 12.4 Å². The lowest BCUT2D eigenvalue weighted by molar-refractivity contribution is 0.0651. The molecule has 2 rings (SSSR count). The average molecular weight is 216 g/mol. The number of carboxylic acid groups (broad SMARTS) is 1. The van der Waals surface area contributed by atoms with Gasteiger partial charge in [-0.15, -0.1) is 12.4 Å². The Morgan fingerprint density at radius 3 is 2.86 bits per heavy atom. The third-order valence-corrected chi connectivity index (χ3v) is 1.98. The zero-order valence-electron chi connectivity index (χ0n) is 7.27. The van der Waals surface area contributed by atoms with Crippen molar-refractivity contribution >= 4 is 24.2 Å². The van der Waals surface area contributed by atoms with Gasteiger partial charge in [0.2, 0.25) is 0 Å². The summed E-state index contributed by atoms with van der Waals surface area (Å²) in [5, 5.41) is 11.4. The Labute approximate surface area is 87.3 Å². The highest BCUT2D eigenvalue weighted by Crippen LogP contribution is 2.25. The summed E-state index contributed by atoms with van der Waals surface area (Å²) in [4.78, 5) is 10.2. The molecule has 0 saturated heterocycles. The highest BCUT2D eigenvalue weighted by molar-refractivity contribution is 5.85. The van der Waals surface area contributed by atoms with Gasteiger partial charge < -0.3 is 15.2 Å². The molecule has 0 unspecified atom stereocenters. The van der Waals surface area contributed by atoms with E-state index in [9.17, 15) is 4.79 Å². The Morgan fingerprint density at radius 1 is 1.50 bits per heavy atom. The fourth-order valence-corrected chi connectivity index (χ4v) is 1.46. The van der Waals surface area contributed by atoms with E-state index in [0.29, 0.717) is 6.42 Å². The third kappa shape index (κ3) is 2.09. The van der Waals surface area contributed by atoms with Crippen LogP contribution in [0.3, 0.4) is 0 Å². The molecule has 0 fully saturated rings. The molecule has 0 spiro atoms. The van der Waals surface area contributed by atoms with Gasteiger partial charge in [0.15, 0.2) is 6.23 Å². The molecule has 1 aromatic rings. The minimum atomic E-state index is -1.25. The van der Waals surface area contributed by atoms with E-state index in [1.807, 2.05) is 24.3 Å². The number of benzene rings is 1. The first-order chi connectivity index (χ1) is 6.25. The van der Waals surface area contributed by atoms with Crippen LogP contribution in [0.1, 0.15) is 5.56 Å². The highest BCUT2D eigenvalue weighted by Gasteiger charge is 2.22. The molecule has 1 heterocycles. The lowest BCUT2D eigenvalue weighted by Crippen LogP contribution is -2.22. The molecule has 0 radical (unpaired) electrons. The zero-order chi connectivity index (χ0) is 9.26. The van der Waals surface area contributed by atoms with Crippen molar-refractivity contribution in [2.24, 2.45) is 0 Å². The molecular formula is C9H10ClNO3. The molecule has 76 valence electrons. The van der Waals surface area contributed by atoms with Crippen LogP contribution in [0, 0.1) is 0 Å². The van der Waals surface area contributed by atoms with Gasteiger partial charge in [-0.25, -0.2) is 4.79 Å². The van der Waals surface area contributed by atoms with Gasteiger partial charge in [-0.1, -0.05) is 18.2 Å². The number of fused-ring (bicyclic) bond motifs is 1. The number of rotatable bonds is 1.